The molecule has 1 aliphatic rings. The summed E-state index contributed by atoms with van der Waals surface area (Å²) >= 11 is 0. The van der Waals surface area contributed by atoms with E-state index < -0.39 is 0 Å². The van der Waals surface area contributed by atoms with E-state index in [1.165, 1.54) is 47.9 Å². The van der Waals surface area contributed by atoms with E-state index in [4.69, 9.17) is 0 Å². The zero-order valence-corrected chi connectivity index (χ0v) is 13.9. The first-order valence-corrected chi connectivity index (χ1v) is 8.46. The van der Waals surface area contributed by atoms with Crippen LogP contribution in [0.25, 0.3) is 11.1 Å². The standard InChI is InChI=1S/C20H21N4/c1-24-14-19(13-22-24)23-20-12-18(9-10-21-20)17-8-7-15-5-3-2-4-6-16(15)11-17/h5,7-14H,2-4,6H2,1H3,(H,21,23). The highest BCUT2D eigenvalue weighted by Gasteiger charge is 2.10. The molecule has 2 aromatic heterocycles. The molecule has 0 unspecified atom stereocenters. The third kappa shape index (κ3) is 3.18. The molecule has 3 aromatic rings. The molecule has 1 aromatic carbocycles. The highest BCUT2D eigenvalue weighted by Crippen LogP contribution is 2.29. The molecule has 1 aliphatic carbocycles. The smallest absolute Gasteiger partial charge is 0.130 e. The van der Waals surface area contributed by atoms with Gasteiger partial charge >= 0.3 is 0 Å². The molecule has 24 heavy (non-hydrogen) atoms. The lowest BCUT2D eigenvalue weighted by Crippen LogP contribution is -1.94. The fourth-order valence-corrected chi connectivity index (χ4v) is 3.23. The minimum atomic E-state index is 0.835. The Hall–Kier alpha value is -2.62. The Morgan fingerprint density at radius 3 is 2.88 bits per heavy atom. The maximum absolute atomic E-state index is 4.42. The molecule has 0 saturated heterocycles. The number of hydrogen-bond donors (Lipinski definition) is 1. The Balaban J connectivity index is 1.62. The molecule has 4 heteroatoms. The summed E-state index contributed by atoms with van der Waals surface area (Å²) in [5.74, 6) is 0.835. The molecule has 4 rings (SSSR count). The number of hydrogen-bond acceptors (Lipinski definition) is 3. The number of anilines is 2. The molecular formula is C20H21N4. The molecule has 2 heterocycles. The summed E-state index contributed by atoms with van der Waals surface area (Å²) in [7, 11) is 1.90. The summed E-state index contributed by atoms with van der Waals surface area (Å²) < 4.78 is 1.77. The van der Waals surface area contributed by atoms with Crippen LogP contribution in [0.2, 0.25) is 0 Å². The Kier molecular flexibility index (Phi) is 4.03. The van der Waals surface area contributed by atoms with Gasteiger partial charge in [0.1, 0.15) is 5.82 Å². The minimum Gasteiger partial charge on any atom is -0.338 e. The summed E-state index contributed by atoms with van der Waals surface area (Å²) in [6.07, 6.45) is 12.9. The van der Waals surface area contributed by atoms with E-state index in [9.17, 15) is 0 Å². The van der Waals surface area contributed by atoms with Gasteiger partial charge in [0.25, 0.3) is 0 Å². The van der Waals surface area contributed by atoms with Crippen LogP contribution in [0.1, 0.15) is 30.4 Å². The minimum absolute atomic E-state index is 0.835. The largest absolute Gasteiger partial charge is 0.338 e. The highest BCUT2D eigenvalue weighted by molar-refractivity contribution is 5.69. The van der Waals surface area contributed by atoms with Crippen molar-refractivity contribution >= 4 is 11.5 Å². The Morgan fingerprint density at radius 2 is 2.00 bits per heavy atom. The van der Waals surface area contributed by atoms with Crippen molar-refractivity contribution in [3.05, 3.63) is 66.5 Å². The summed E-state index contributed by atoms with van der Waals surface area (Å²) in [5.41, 5.74) is 6.24. The van der Waals surface area contributed by atoms with E-state index in [-0.39, 0.29) is 0 Å². The van der Waals surface area contributed by atoms with Crippen LogP contribution in [-0.2, 0) is 13.5 Å². The molecule has 0 aliphatic heterocycles. The lowest BCUT2D eigenvalue weighted by Gasteiger charge is -2.10. The molecule has 0 saturated carbocycles. The number of nitrogens with one attached hydrogen (secondary N) is 1. The van der Waals surface area contributed by atoms with Crippen molar-refractivity contribution in [3.63, 3.8) is 0 Å². The van der Waals surface area contributed by atoms with Gasteiger partial charge in [-0.1, -0.05) is 24.6 Å². The average Bonchev–Trinajstić information content (AvgIpc) is 2.87. The average molecular weight is 317 g/mol. The van der Waals surface area contributed by atoms with Gasteiger partial charge in [-0.25, -0.2) is 4.98 Å². The van der Waals surface area contributed by atoms with Gasteiger partial charge in [0.2, 0.25) is 0 Å². The number of aromatic nitrogens is 3. The summed E-state index contributed by atoms with van der Waals surface area (Å²) in [4.78, 5) is 4.42. The van der Waals surface area contributed by atoms with Crippen LogP contribution >= 0.6 is 0 Å². The quantitative estimate of drug-likeness (QED) is 0.723. The molecule has 0 fully saturated rings. The van der Waals surface area contributed by atoms with E-state index >= 15 is 0 Å². The Bertz CT molecular complexity index is 850. The van der Waals surface area contributed by atoms with Crippen molar-refractivity contribution in [2.45, 2.75) is 25.7 Å². The number of pyridine rings is 1. The predicted molar refractivity (Wildman–Crippen MR) is 97.1 cm³/mol. The molecule has 0 spiro atoms. The van der Waals surface area contributed by atoms with Crippen LogP contribution in [-0.4, -0.2) is 14.8 Å². The molecule has 1 radical (unpaired) electrons. The van der Waals surface area contributed by atoms with Gasteiger partial charge in [0.05, 0.1) is 11.9 Å². The van der Waals surface area contributed by atoms with Crippen LogP contribution in [0, 0.1) is 6.42 Å². The van der Waals surface area contributed by atoms with Gasteiger partial charge in [-0.15, -0.1) is 0 Å². The monoisotopic (exact) mass is 317 g/mol. The number of nitrogens with zero attached hydrogens (tertiary/aromatic N) is 3. The highest BCUT2D eigenvalue weighted by atomic mass is 15.3. The fourth-order valence-electron chi connectivity index (χ4n) is 3.23. The van der Waals surface area contributed by atoms with E-state index in [0.717, 1.165) is 11.5 Å². The molecule has 0 bridgehead atoms. The first-order valence-electron chi connectivity index (χ1n) is 8.46. The first kappa shape index (κ1) is 14.9. The second-order valence-electron chi connectivity index (χ2n) is 6.32. The summed E-state index contributed by atoms with van der Waals surface area (Å²) in [6, 6.07) is 11.0. The fraction of sp³-hybridized carbons (Fsp3) is 0.250. The topological polar surface area (TPSA) is 42.7 Å². The van der Waals surface area contributed by atoms with E-state index in [0.29, 0.717) is 0 Å². The van der Waals surface area contributed by atoms with Gasteiger partial charge in [-0.3, -0.25) is 4.68 Å². The third-order valence-electron chi connectivity index (χ3n) is 4.48. The zero-order chi connectivity index (χ0) is 16.4. The Labute approximate surface area is 142 Å². The third-order valence-corrected chi connectivity index (χ3v) is 4.48. The van der Waals surface area contributed by atoms with Crippen LogP contribution in [0.5, 0.6) is 0 Å². The number of rotatable bonds is 3. The maximum atomic E-state index is 4.42. The van der Waals surface area contributed by atoms with E-state index in [1.54, 1.807) is 10.9 Å². The number of benzene rings is 1. The van der Waals surface area contributed by atoms with Crippen LogP contribution in [0.15, 0.2) is 48.9 Å². The SMILES string of the molecule is Cn1cc(Nc2cc(-c3ccc4c(c3)CCCC[CH]4)ccn2)cn1. The van der Waals surface area contributed by atoms with Gasteiger partial charge in [0, 0.05) is 19.4 Å². The van der Waals surface area contributed by atoms with Crippen molar-refractivity contribution in [3.8, 4) is 11.1 Å². The van der Waals surface area contributed by atoms with Crippen molar-refractivity contribution < 1.29 is 0 Å². The molecular weight excluding hydrogens is 296 g/mol. The van der Waals surface area contributed by atoms with Crippen LogP contribution in [0.3, 0.4) is 0 Å². The lowest BCUT2D eigenvalue weighted by molar-refractivity contribution is 0.755. The predicted octanol–water partition coefficient (Wildman–Crippen LogP) is 4.50. The zero-order valence-electron chi connectivity index (χ0n) is 13.9. The normalized spacial score (nSPS) is 14.0. The molecule has 121 valence electrons. The number of aryl methyl sites for hydroxylation is 2. The Morgan fingerprint density at radius 1 is 1.08 bits per heavy atom. The van der Waals surface area contributed by atoms with Crippen LogP contribution in [0.4, 0.5) is 11.5 Å². The van der Waals surface area contributed by atoms with Crippen LogP contribution < -0.4 is 5.32 Å². The van der Waals surface area contributed by atoms with Crippen molar-refractivity contribution in [2.75, 3.05) is 5.32 Å². The number of fused-ring (bicyclic) bond motifs is 1. The van der Waals surface area contributed by atoms with E-state index in [2.05, 4.69) is 52.2 Å². The second kappa shape index (κ2) is 6.48. The van der Waals surface area contributed by atoms with Gasteiger partial charge < -0.3 is 5.32 Å². The summed E-state index contributed by atoms with van der Waals surface area (Å²) in [6.45, 7) is 0. The first-order chi connectivity index (χ1) is 11.8. The molecule has 0 atom stereocenters. The van der Waals surface area contributed by atoms with Gasteiger partial charge in [0.15, 0.2) is 0 Å². The second-order valence-corrected chi connectivity index (χ2v) is 6.32. The van der Waals surface area contributed by atoms with E-state index in [1.807, 2.05) is 19.4 Å². The lowest BCUT2D eigenvalue weighted by atomic mass is 9.97. The van der Waals surface area contributed by atoms with Gasteiger partial charge in [-0.2, -0.15) is 5.10 Å². The summed E-state index contributed by atoms with van der Waals surface area (Å²) in [5, 5.41) is 7.48. The maximum Gasteiger partial charge on any atom is 0.130 e. The van der Waals surface area contributed by atoms with Crippen molar-refractivity contribution in [2.24, 2.45) is 7.05 Å². The molecule has 4 nitrogen and oxygen atoms in total. The van der Waals surface area contributed by atoms with Gasteiger partial charge in [-0.05, 0) is 60.1 Å². The molecule has 0 amide bonds. The van der Waals surface area contributed by atoms with Crippen molar-refractivity contribution in [1.82, 2.24) is 14.8 Å². The molecule has 1 N–H and O–H groups in total. The van der Waals surface area contributed by atoms with Crippen molar-refractivity contribution in [1.29, 1.82) is 0 Å².